The van der Waals surface area contributed by atoms with Crippen molar-refractivity contribution in [3.8, 4) is 0 Å². The summed E-state index contributed by atoms with van der Waals surface area (Å²) in [6.45, 7) is 0. The predicted octanol–water partition coefficient (Wildman–Crippen LogP) is 5.07. The van der Waals surface area contributed by atoms with Gasteiger partial charge in [-0.25, -0.2) is 0 Å². The van der Waals surface area contributed by atoms with Crippen molar-refractivity contribution in [2.24, 2.45) is 0 Å². The molecule has 0 unspecified atom stereocenters. The fourth-order valence-corrected chi connectivity index (χ4v) is 3.51. The predicted molar refractivity (Wildman–Crippen MR) is 83.3 cm³/mol. The maximum absolute atomic E-state index is 13.8. The van der Waals surface area contributed by atoms with Gasteiger partial charge in [-0.2, -0.15) is 13.2 Å². The van der Waals surface area contributed by atoms with Gasteiger partial charge >= 0.3 is 6.18 Å². The minimum Gasteiger partial charge on any atom is -0.255 e. The molecule has 0 bridgehead atoms. The Labute approximate surface area is 131 Å². The van der Waals surface area contributed by atoms with Crippen LogP contribution in [-0.4, -0.2) is 9.97 Å². The highest BCUT2D eigenvalue weighted by Crippen LogP contribution is 2.41. The number of hydrogen-bond acceptors (Lipinski definition) is 2. The number of aryl methyl sites for hydroxylation is 1. The van der Waals surface area contributed by atoms with Gasteiger partial charge in [0.1, 0.15) is 0 Å². The molecule has 1 aromatic carbocycles. The average Bonchev–Trinajstić information content (AvgIpc) is 2.76. The number of pyridine rings is 2. The second kappa shape index (κ2) is 5.18. The summed E-state index contributed by atoms with van der Waals surface area (Å²) in [5, 5.41) is 0.805. The largest absolute Gasteiger partial charge is 0.417 e. The summed E-state index contributed by atoms with van der Waals surface area (Å²) in [7, 11) is 0. The van der Waals surface area contributed by atoms with Gasteiger partial charge in [0, 0.05) is 22.7 Å². The number of nitrogens with zero attached hydrogens (tertiary/aromatic N) is 2. The Bertz CT molecular complexity index is 900. The molecule has 0 atom stereocenters. The van der Waals surface area contributed by atoms with Crippen LogP contribution in [0, 0.1) is 0 Å². The first-order chi connectivity index (χ1) is 11.1. The molecule has 2 aromatic heterocycles. The third-order valence-electron chi connectivity index (χ3n) is 4.54. The second-order valence-electron chi connectivity index (χ2n) is 6.01. The van der Waals surface area contributed by atoms with Crippen molar-refractivity contribution in [2.45, 2.75) is 38.3 Å². The number of halogens is 3. The van der Waals surface area contributed by atoms with Crippen LogP contribution >= 0.6 is 0 Å². The van der Waals surface area contributed by atoms with Gasteiger partial charge in [-0.05, 0) is 37.3 Å². The number of fused-ring (bicyclic) bond motifs is 4. The maximum atomic E-state index is 13.8. The SMILES string of the molecule is FC(F)(F)c1c2c(nc3c1cnc1ccccc13)CCCCC2. The van der Waals surface area contributed by atoms with Crippen LogP contribution in [0.15, 0.2) is 30.5 Å². The molecule has 2 nitrogen and oxygen atoms in total. The van der Waals surface area contributed by atoms with Crippen molar-refractivity contribution in [1.29, 1.82) is 0 Å². The van der Waals surface area contributed by atoms with E-state index >= 15 is 0 Å². The van der Waals surface area contributed by atoms with Crippen LogP contribution < -0.4 is 0 Å². The molecule has 0 fully saturated rings. The van der Waals surface area contributed by atoms with E-state index in [4.69, 9.17) is 0 Å². The van der Waals surface area contributed by atoms with Crippen LogP contribution in [0.1, 0.15) is 36.1 Å². The number of aromatic nitrogens is 2. The molecule has 1 aliphatic rings. The van der Waals surface area contributed by atoms with Crippen LogP contribution in [0.2, 0.25) is 0 Å². The lowest BCUT2D eigenvalue weighted by atomic mass is 9.96. The standard InChI is InChI=1S/C18H15F3N2/c19-18(20,21)16-11-6-2-1-3-9-15(11)23-17-12-7-4-5-8-14(12)22-10-13(16)17/h4-5,7-8,10H,1-3,6,9H2. The molecule has 0 saturated heterocycles. The summed E-state index contributed by atoms with van der Waals surface area (Å²) in [6.07, 6.45) is 0.627. The first kappa shape index (κ1) is 14.4. The van der Waals surface area contributed by atoms with Gasteiger partial charge in [0.15, 0.2) is 0 Å². The van der Waals surface area contributed by atoms with E-state index in [1.54, 1.807) is 12.1 Å². The van der Waals surface area contributed by atoms with E-state index in [-0.39, 0.29) is 5.39 Å². The van der Waals surface area contributed by atoms with Crippen LogP contribution in [-0.2, 0) is 19.0 Å². The zero-order chi connectivity index (χ0) is 16.0. The fraction of sp³-hybridized carbons (Fsp3) is 0.333. The van der Waals surface area contributed by atoms with E-state index in [0.29, 0.717) is 40.5 Å². The number of hydrogen-bond donors (Lipinski definition) is 0. The lowest BCUT2D eigenvalue weighted by Gasteiger charge is -2.18. The minimum atomic E-state index is -4.39. The molecule has 2 heterocycles. The highest BCUT2D eigenvalue weighted by molar-refractivity contribution is 6.04. The Morgan fingerprint density at radius 1 is 0.913 bits per heavy atom. The molecule has 5 heteroatoms. The van der Waals surface area contributed by atoms with Crippen LogP contribution in [0.4, 0.5) is 13.2 Å². The van der Waals surface area contributed by atoms with Crippen molar-refractivity contribution >= 4 is 21.8 Å². The van der Waals surface area contributed by atoms with Gasteiger partial charge in [0.25, 0.3) is 0 Å². The smallest absolute Gasteiger partial charge is 0.255 e. The van der Waals surface area contributed by atoms with Gasteiger partial charge in [-0.3, -0.25) is 9.97 Å². The van der Waals surface area contributed by atoms with Gasteiger partial charge in [-0.1, -0.05) is 24.6 Å². The molecule has 0 aliphatic heterocycles. The van der Waals surface area contributed by atoms with Gasteiger partial charge in [0.05, 0.1) is 16.6 Å². The molecule has 23 heavy (non-hydrogen) atoms. The average molecular weight is 316 g/mol. The highest BCUT2D eigenvalue weighted by atomic mass is 19.4. The summed E-state index contributed by atoms with van der Waals surface area (Å²) >= 11 is 0. The number of benzene rings is 1. The van der Waals surface area contributed by atoms with Crippen LogP contribution in [0.3, 0.4) is 0 Å². The number of rotatable bonds is 0. The number of para-hydroxylation sites is 1. The first-order valence-corrected chi connectivity index (χ1v) is 7.82. The normalized spacial score (nSPS) is 15.6. The minimum absolute atomic E-state index is 0.122. The van der Waals surface area contributed by atoms with Crippen LogP contribution in [0.5, 0.6) is 0 Å². The Hall–Kier alpha value is -2.17. The highest BCUT2D eigenvalue weighted by Gasteiger charge is 2.37. The van der Waals surface area contributed by atoms with E-state index < -0.39 is 11.7 Å². The molecule has 3 aromatic rings. The molecule has 0 spiro atoms. The second-order valence-corrected chi connectivity index (χ2v) is 6.01. The summed E-state index contributed by atoms with van der Waals surface area (Å²) in [5.74, 6) is 0. The molecule has 0 amide bonds. The Morgan fingerprint density at radius 3 is 2.52 bits per heavy atom. The third kappa shape index (κ3) is 2.35. The van der Waals surface area contributed by atoms with E-state index in [1.807, 2.05) is 12.1 Å². The molecule has 0 radical (unpaired) electrons. The molecule has 118 valence electrons. The summed E-state index contributed by atoms with van der Waals surface area (Å²) in [4.78, 5) is 8.85. The zero-order valence-electron chi connectivity index (χ0n) is 12.5. The van der Waals surface area contributed by atoms with E-state index in [2.05, 4.69) is 9.97 Å². The molecule has 1 aliphatic carbocycles. The monoisotopic (exact) mass is 316 g/mol. The number of alkyl halides is 3. The molecule has 0 N–H and O–H groups in total. The van der Waals surface area contributed by atoms with Gasteiger partial charge in [0.2, 0.25) is 0 Å². The summed E-state index contributed by atoms with van der Waals surface area (Å²) in [6, 6.07) is 7.23. The quantitative estimate of drug-likeness (QED) is 0.427. The summed E-state index contributed by atoms with van der Waals surface area (Å²) in [5.41, 5.74) is 1.55. The lowest BCUT2D eigenvalue weighted by Crippen LogP contribution is -2.14. The van der Waals surface area contributed by atoms with E-state index in [1.165, 1.54) is 6.20 Å². The summed E-state index contributed by atoms with van der Waals surface area (Å²) < 4.78 is 41.3. The van der Waals surface area contributed by atoms with E-state index in [9.17, 15) is 13.2 Å². The first-order valence-electron chi connectivity index (χ1n) is 7.82. The molecule has 4 rings (SSSR count). The Kier molecular flexibility index (Phi) is 3.25. The van der Waals surface area contributed by atoms with Crippen molar-refractivity contribution in [3.63, 3.8) is 0 Å². The van der Waals surface area contributed by atoms with Gasteiger partial charge < -0.3 is 0 Å². The maximum Gasteiger partial charge on any atom is 0.417 e. The topological polar surface area (TPSA) is 25.8 Å². The fourth-order valence-electron chi connectivity index (χ4n) is 3.51. The zero-order valence-corrected chi connectivity index (χ0v) is 12.5. The van der Waals surface area contributed by atoms with Crippen molar-refractivity contribution < 1.29 is 13.2 Å². The third-order valence-corrected chi connectivity index (χ3v) is 4.54. The lowest BCUT2D eigenvalue weighted by molar-refractivity contribution is -0.137. The Balaban J connectivity index is 2.17. The van der Waals surface area contributed by atoms with Crippen molar-refractivity contribution in [3.05, 3.63) is 47.3 Å². The molecular weight excluding hydrogens is 301 g/mol. The Morgan fingerprint density at radius 2 is 1.70 bits per heavy atom. The van der Waals surface area contributed by atoms with Crippen molar-refractivity contribution in [1.82, 2.24) is 9.97 Å². The van der Waals surface area contributed by atoms with E-state index in [0.717, 1.165) is 19.3 Å². The van der Waals surface area contributed by atoms with Crippen LogP contribution in [0.25, 0.3) is 21.8 Å². The van der Waals surface area contributed by atoms with Gasteiger partial charge in [-0.15, -0.1) is 0 Å². The van der Waals surface area contributed by atoms with Crippen molar-refractivity contribution in [2.75, 3.05) is 0 Å². The molecule has 0 saturated carbocycles. The molecular formula is C18H15F3N2.